The number of benzene rings is 1. The fourth-order valence-electron chi connectivity index (χ4n) is 1.93. The van der Waals surface area contributed by atoms with Gasteiger partial charge in [0, 0.05) is 0 Å². The Morgan fingerprint density at radius 3 is 2.04 bits per heavy atom. The van der Waals surface area contributed by atoms with Gasteiger partial charge in [-0.3, -0.25) is 4.79 Å². The summed E-state index contributed by atoms with van der Waals surface area (Å²) in [5, 5.41) is 0. The minimum Gasteiger partial charge on any atom is -0.406 e. The van der Waals surface area contributed by atoms with Gasteiger partial charge in [0.15, 0.2) is 5.69 Å². The Balaban J connectivity index is 2.70. The summed E-state index contributed by atoms with van der Waals surface area (Å²) in [7, 11) is 0. The van der Waals surface area contributed by atoms with Crippen LogP contribution in [0.4, 0.5) is 39.5 Å². The van der Waals surface area contributed by atoms with Crippen molar-refractivity contribution in [2.75, 3.05) is 0 Å². The average molecular weight is 392 g/mol. The number of halogens is 9. The van der Waals surface area contributed by atoms with Crippen LogP contribution in [0.3, 0.4) is 0 Å². The Labute approximate surface area is 137 Å². The highest BCUT2D eigenvalue weighted by molar-refractivity contribution is 5.67. The molecule has 4 nitrogen and oxygen atoms in total. The summed E-state index contributed by atoms with van der Waals surface area (Å²) in [6.07, 6.45) is -16.0. The van der Waals surface area contributed by atoms with E-state index in [1.165, 1.54) is 0 Å². The molecule has 0 unspecified atom stereocenters. The van der Waals surface area contributed by atoms with E-state index in [4.69, 9.17) is 0 Å². The third-order valence-electron chi connectivity index (χ3n) is 2.81. The zero-order valence-corrected chi connectivity index (χ0v) is 12.0. The normalized spacial score (nSPS) is 13.0. The molecule has 0 spiro atoms. The van der Waals surface area contributed by atoms with Crippen LogP contribution in [0, 0.1) is 0 Å². The fourth-order valence-corrected chi connectivity index (χ4v) is 1.93. The number of ether oxygens (including phenoxy) is 1. The molecule has 1 heterocycles. The molecular formula is C13H5F9N2O2. The van der Waals surface area contributed by atoms with Crippen LogP contribution in [-0.2, 0) is 12.4 Å². The van der Waals surface area contributed by atoms with Crippen molar-refractivity contribution >= 4 is 0 Å². The lowest BCUT2D eigenvalue weighted by Gasteiger charge is -2.15. The third-order valence-corrected chi connectivity index (χ3v) is 2.81. The molecule has 0 bridgehead atoms. The smallest absolute Gasteiger partial charge is 0.406 e. The number of H-pyrrole nitrogens is 1. The summed E-state index contributed by atoms with van der Waals surface area (Å²) < 4.78 is 117. The molecular weight excluding hydrogens is 387 g/mol. The molecule has 0 radical (unpaired) electrons. The molecule has 0 saturated heterocycles. The monoisotopic (exact) mass is 392 g/mol. The van der Waals surface area contributed by atoms with Crippen LogP contribution in [0.2, 0.25) is 0 Å². The number of rotatable bonds is 2. The second-order valence-corrected chi connectivity index (χ2v) is 4.71. The van der Waals surface area contributed by atoms with Crippen molar-refractivity contribution in [1.82, 2.24) is 9.97 Å². The van der Waals surface area contributed by atoms with E-state index in [0.29, 0.717) is 6.07 Å². The van der Waals surface area contributed by atoms with E-state index in [1.54, 1.807) is 0 Å². The molecule has 0 saturated carbocycles. The molecule has 0 aliphatic rings. The highest BCUT2D eigenvalue weighted by Crippen LogP contribution is 2.37. The molecule has 13 heteroatoms. The van der Waals surface area contributed by atoms with E-state index in [0.717, 1.165) is 23.2 Å². The number of nitrogens with zero attached hydrogens (tertiary/aromatic N) is 1. The Kier molecular flexibility index (Phi) is 4.68. The first-order valence-corrected chi connectivity index (χ1v) is 6.33. The molecule has 26 heavy (non-hydrogen) atoms. The molecule has 1 aromatic carbocycles. The number of aromatic nitrogens is 2. The molecule has 1 aromatic heterocycles. The van der Waals surface area contributed by atoms with Crippen LogP contribution in [-0.4, -0.2) is 16.3 Å². The van der Waals surface area contributed by atoms with Crippen LogP contribution >= 0.6 is 0 Å². The number of hydrogen-bond acceptors (Lipinski definition) is 3. The molecule has 0 aliphatic carbocycles. The molecule has 0 fully saturated rings. The lowest BCUT2D eigenvalue weighted by atomic mass is 10.0. The van der Waals surface area contributed by atoms with E-state index in [-0.39, 0.29) is 0 Å². The summed E-state index contributed by atoms with van der Waals surface area (Å²) in [5.41, 5.74) is -6.17. The summed E-state index contributed by atoms with van der Waals surface area (Å²) in [6, 6.07) is 2.77. The summed E-state index contributed by atoms with van der Waals surface area (Å²) in [5.74, 6) is -3.16. The Hall–Kier alpha value is -2.73. The number of alkyl halides is 9. The SMILES string of the molecule is O=c1[nH]c(C(F)(F)F)nc(C(F)(F)F)c1-c1cccc(OC(F)(F)F)c1. The lowest BCUT2D eigenvalue weighted by molar-refractivity contribution is -0.274. The van der Waals surface area contributed by atoms with Gasteiger partial charge in [-0.15, -0.1) is 13.2 Å². The van der Waals surface area contributed by atoms with Crippen molar-refractivity contribution in [3.63, 3.8) is 0 Å². The Morgan fingerprint density at radius 1 is 0.923 bits per heavy atom. The zero-order valence-electron chi connectivity index (χ0n) is 12.0. The van der Waals surface area contributed by atoms with Crippen molar-refractivity contribution in [1.29, 1.82) is 0 Å². The third kappa shape index (κ3) is 4.46. The predicted molar refractivity (Wildman–Crippen MR) is 67.0 cm³/mol. The van der Waals surface area contributed by atoms with Crippen molar-refractivity contribution in [2.24, 2.45) is 0 Å². The first kappa shape index (κ1) is 19.6. The summed E-state index contributed by atoms with van der Waals surface area (Å²) in [6.45, 7) is 0. The molecule has 0 aliphatic heterocycles. The van der Waals surface area contributed by atoms with E-state index in [9.17, 15) is 44.3 Å². The number of nitrogens with one attached hydrogen (secondary N) is 1. The van der Waals surface area contributed by atoms with Gasteiger partial charge in [-0.2, -0.15) is 26.3 Å². The maximum absolute atomic E-state index is 13.1. The number of hydrogen-bond donors (Lipinski definition) is 1. The van der Waals surface area contributed by atoms with E-state index >= 15 is 0 Å². The zero-order chi connectivity index (χ0) is 19.9. The fraction of sp³-hybridized carbons (Fsp3) is 0.231. The largest absolute Gasteiger partial charge is 0.573 e. The molecule has 142 valence electrons. The van der Waals surface area contributed by atoms with Crippen LogP contribution in [0.25, 0.3) is 11.1 Å². The van der Waals surface area contributed by atoms with Crippen molar-refractivity contribution in [2.45, 2.75) is 18.7 Å². The second-order valence-electron chi connectivity index (χ2n) is 4.71. The van der Waals surface area contributed by atoms with Gasteiger partial charge in [0.25, 0.3) is 5.56 Å². The Bertz CT molecular complexity index is 866. The van der Waals surface area contributed by atoms with Crippen LogP contribution in [0.1, 0.15) is 11.5 Å². The van der Waals surface area contributed by atoms with Gasteiger partial charge >= 0.3 is 18.7 Å². The van der Waals surface area contributed by atoms with Crippen LogP contribution < -0.4 is 10.3 Å². The van der Waals surface area contributed by atoms with Crippen molar-refractivity contribution in [3.05, 3.63) is 46.1 Å². The van der Waals surface area contributed by atoms with E-state index in [2.05, 4.69) is 9.72 Å². The van der Waals surface area contributed by atoms with Crippen LogP contribution in [0.15, 0.2) is 29.1 Å². The van der Waals surface area contributed by atoms with Gasteiger partial charge in [0.05, 0.1) is 5.56 Å². The highest BCUT2D eigenvalue weighted by atomic mass is 19.4. The maximum atomic E-state index is 13.1. The maximum Gasteiger partial charge on any atom is 0.573 e. The minimum atomic E-state index is -5.48. The van der Waals surface area contributed by atoms with Gasteiger partial charge in [-0.1, -0.05) is 12.1 Å². The quantitative estimate of drug-likeness (QED) is 0.773. The van der Waals surface area contributed by atoms with Crippen LogP contribution in [0.5, 0.6) is 5.75 Å². The van der Waals surface area contributed by atoms with Gasteiger partial charge < -0.3 is 9.72 Å². The van der Waals surface area contributed by atoms with E-state index in [1.807, 2.05) is 0 Å². The van der Waals surface area contributed by atoms with Crippen molar-refractivity contribution in [3.8, 4) is 16.9 Å². The number of aromatic amines is 1. The Morgan fingerprint density at radius 2 is 1.54 bits per heavy atom. The minimum absolute atomic E-state index is 0.419. The molecule has 2 rings (SSSR count). The second kappa shape index (κ2) is 6.21. The van der Waals surface area contributed by atoms with E-state index < -0.39 is 52.7 Å². The van der Waals surface area contributed by atoms with Gasteiger partial charge in [-0.05, 0) is 17.7 Å². The first-order valence-electron chi connectivity index (χ1n) is 6.33. The molecule has 2 aromatic rings. The molecule has 0 amide bonds. The van der Waals surface area contributed by atoms with Crippen molar-refractivity contribution < 1.29 is 44.3 Å². The average Bonchev–Trinajstić information content (AvgIpc) is 2.42. The predicted octanol–water partition coefficient (Wildman–Crippen LogP) is 4.37. The van der Waals surface area contributed by atoms with Gasteiger partial charge in [0.2, 0.25) is 5.82 Å². The highest BCUT2D eigenvalue weighted by Gasteiger charge is 2.42. The standard InChI is InChI=1S/C13H5F9N2O2/c14-11(15,16)8-7(9(25)24-10(23-8)12(17,18)19)5-2-1-3-6(4-5)26-13(20,21)22/h1-4H,(H,23,24,25). The van der Waals surface area contributed by atoms with Gasteiger partial charge in [-0.25, -0.2) is 4.98 Å². The van der Waals surface area contributed by atoms with Gasteiger partial charge in [0.1, 0.15) is 5.75 Å². The summed E-state index contributed by atoms with van der Waals surface area (Å²) in [4.78, 5) is 15.3. The first-order chi connectivity index (χ1) is 11.7. The molecule has 0 atom stereocenters. The summed E-state index contributed by atoms with van der Waals surface area (Å²) >= 11 is 0. The lowest BCUT2D eigenvalue weighted by Crippen LogP contribution is -2.26. The molecule has 1 N–H and O–H groups in total. The topological polar surface area (TPSA) is 55.0 Å².